The molecule has 50 heavy (non-hydrogen) atoms. The first-order valence-corrected chi connectivity index (χ1v) is 18.4. The van der Waals surface area contributed by atoms with Gasteiger partial charge >= 0.3 is 0 Å². The first-order chi connectivity index (χ1) is 24.7. The third-order valence-corrected chi connectivity index (χ3v) is 14.5. The Hall–Kier alpha value is -6.97. The molecule has 8 rings (SSSR count). The van der Waals surface area contributed by atoms with Gasteiger partial charge in [-0.3, -0.25) is 0 Å². The zero-order chi connectivity index (χ0) is 34.1. The SMILES string of the molecule is [C-]#[N+]c1ccc(-c2ccccc2[Si](c2ccccc2)(c2ccccc2)c2ccccc2)c(C#N)c1-n1c2ccccc2c2cc(C#N)ccc21. The molecule has 0 radical (unpaired) electrons. The Kier molecular flexibility index (Phi) is 7.63. The highest BCUT2D eigenvalue weighted by atomic mass is 28.3. The van der Waals surface area contributed by atoms with Crippen LogP contribution in [0.5, 0.6) is 0 Å². The summed E-state index contributed by atoms with van der Waals surface area (Å²) in [4.78, 5) is 3.97. The molecule has 0 atom stereocenters. The van der Waals surface area contributed by atoms with Gasteiger partial charge in [0.15, 0.2) is 8.07 Å². The molecule has 1 aromatic heterocycles. The van der Waals surface area contributed by atoms with E-state index in [1.807, 2.05) is 59.2 Å². The fourth-order valence-corrected chi connectivity index (χ4v) is 12.6. The van der Waals surface area contributed by atoms with Crippen LogP contribution in [0.3, 0.4) is 0 Å². The summed E-state index contributed by atoms with van der Waals surface area (Å²) in [5, 5.41) is 27.6. The molecule has 0 N–H and O–H groups in total. The van der Waals surface area contributed by atoms with Gasteiger partial charge in [0.1, 0.15) is 6.07 Å². The second kappa shape index (κ2) is 12.6. The van der Waals surface area contributed by atoms with E-state index in [2.05, 4.69) is 126 Å². The van der Waals surface area contributed by atoms with Crippen molar-refractivity contribution in [1.29, 1.82) is 10.5 Å². The van der Waals surface area contributed by atoms with Gasteiger partial charge in [-0.2, -0.15) is 10.5 Å². The van der Waals surface area contributed by atoms with E-state index in [4.69, 9.17) is 6.57 Å². The van der Waals surface area contributed by atoms with Crippen LogP contribution < -0.4 is 20.7 Å². The van der Waals surface area contributed by atoms with Gasteiger partial charge in [0, 0.05) is 10.8 Å². The molecule has 0 aliphatic carbocycles. The molecule has 0 amide bonds. The number of rotatable bonds is 6. The maximum absolute atomic E-state index is 11.2. The maximum Gasteiger partial charge on any atom is 0.211 e. The van der Waals surface area contributed by atoms with Crippen molar-refractivity contribution in [1.82, 2.24) is 4.57 Å². The summed E-state index contributed by atoms with van der Waals surface area (Å²) in [6.45, 7) is 8.26. The van der Waals surface area contributed by atoms with E-state index in [0.29, 0.717) is 22.5 Å². The van der Waals surface area contributed by atoms with Crippen LogP contribution in [0.15, 0.2) is 170 Å². The number of aromatic nitrogens is 1. The molecule has 0 aliphatic rings. The van der Waals surface area contributed by atoms with Crippen molar-refractivity contribution >= 4 is 56.3 Å². The Bertz CT molecular complexity index is 2580. The summed E-state index contributed by atoms with van der Waals surface area (Å²) in [5.41, 5.74) is 5.32. The lowest BCUT2D eigenvalue weighted by Gasteiger charge is -2.36. The molecule has 0 unspecified atom stereocenters. The monoisotopic (exact) mass is 652 g/mol. The van der Waals surface area contributed by atoms with Crippen molar-refractivity contribution in [3.05, 3.63) is 192 Å². The molecule has 0 saturated heterocycles. The molecular weight excluding hydrogens is 625 g/mol. The van der Waals surface area contributed by atoms with Gasteiger partial charge in [-0.25, -0.2) is 4.85 Å². The number of hydrogen-bond acceptors (Lipinski definition) is 2. The fourth-order valence-electron chi connectivity index (χ4n) is 7.59. The predicted octanol–water partition coefficient (Wildman–Crippen LogP) is 8.12. The minimum atomic E-state index is -2.97. The number of para-hydroxylation sites is 1. The normalized spacial score (nSPS) is 11.1. The molecule has 0 aliphatic heterocycles. The van der Waals surface area contributed by atoms with Crippen molar-refractivity contribution in [3.8, 4) is 29.0 Å². The van der Waals surface area contributed by atoms with Crippen molar-refractivity contribution in [2.45, 2.75) is 0 Å². The zero-order valence-corrected chi connectivity index (χ0v) is 28.0. The van der Waals surface area contributed by atoms with E-state index in [1.165, 1.54) is 15.6 Å². The molecular formula is C45H28N4Si. The van der Waals surface area contributed by atoms with Crippen LogP contribution in [0.4, 0.5) is 5.69 Å². The molecule has 232 valence electrons. The Morgan fingerprint density at radius 2 is 1.08 bits per heavy atom. The highest BCUT2D eigenvalue weighted by molar-refractivity contribution is 7.20. The van der Waals surface area contributed by atoms with Gasteiger partial charge in [0.25, 0.3) is 0 Å². The molecule has 0 spiro atoms. The van der Waals surface area contributed by atoms with E-state index in [9.17, 15) is 10.5 Å². The second-order valence-corrected chi connectivity index (χ2v) is 15.9. The minimum absolute atomic E-state index is 0.382. The first-order valence-electron chi connectivity index (χ1n) is 16.4. The Morgan fingerprint density at radius 1 is 0.520 bits per heavy atom. The van der Waals surface area contributed by atoms with Crippen LogP contribution in [0.25, 0.3) is 43.5 Å². The second-order valence-electron chi connectivity index (χ2n) is 12.2. The molecule has 0 fully saturated rings. The summed E-state index contributed by atoms with van der Waals surface area (Å²) < 4.78 is 2.03. The molecule has 0 bridgehead atoms. The zero-order valence-electron chi connectivity index (χ0n) is 27.0. The van der Waals surface area contributed by atoms with E-state index >= 15 is 0 Å². The molecule has 0 saturated carbocycles. The van der Waals surface area contributed by atoms with E-state index in [1.54, 1.807) is 6.07 Å². The highest BCUT2D eigenvalue weighted by Gasteiger charge is 2.43. The van der Waals surface area contributed by atoms with Gasteiger partial charge in [-0.05, 0) is 56.1 Å². The Labute approximate surface area is 291 Å². The van der Waals surface area contributed by atoms with E-state index in [-0.39, 0.29) is 0 Å². The third-order valence-electron chi connectivity index (χ3n) is 9.66. The van der Waals surface area contributed by atoms with Crippen LogP contribution in [0, 0.1) is 29.2 Å². The van der Waals surface area contributed by atoms with E-state index in [0.717, 1.165) is 38.1 Å². The molecule has 7 aromatic carbocycles. The number of nitrogens with zero attached hydrogens (tertiary/aromatic N) is 4. The lowest BCUT2D eigenvalue weighted by atomic mass is 9.97. The Balaban J connectivity index is 1.50. The van der Waals surface area contributed by atoms with Crippen LogP contribution >= 0.6 is 0 Å². The Morgan fingerprint density at radius 3 is 1.68 bits per heavy atom. The summed E-state index contributed by atoms with van der Waals surface area (Å²) in [6.07, 6.45) is 0. The average Bonchev–Trinajstić information content (AvgIpc) is 3.52. The largest absolute Gasteiger partial charge is 0.318 e. The molecule has 8 aromatic rings. The smallest absolute Gasteiger partial charge is 0.211 e. The van der Waals surface area contributed by atoms with Gasteiger partial charge < -0.3 is 4.57 Å². The van der Waals surface area contributed by atoms with Crippen molar-refractivity contribution < 1.29 is 0 Å². The van der Waals surface area contributed by atoms with Gasteiger partial charge in [-0.1, -0.05) is 146 Å². The number of fused-ring (bicyclic) bond motifs is 3. The van der Waals surface area contributed by atoms with Crippen LogP contribution in [-0.4, -0.2) is 12.6 Å². The van der Waals surface area contributed by atoms with Crippen LogP contribution in [0.2, 0.25) is 0 Å². The van der Waals surface area contributed by atoms with Crippen molar-refractivity contribution in [2.24, 2.45) is 0 Å². The minimum Gasteiger partial charge on any atom is -0.318 e. The number of nitriles is 2. The summed E-state index contributed by atoms with van der Waals surface area (Å²) in [5.74, 6) is 0. The lowest BCUT2D eigenvalue weighted by Crippen LogP contribution is -2.75. The standard InChI is InChI=1S/C45H28N4Si/c1-48-41-27-26-36(40(31-47)45(41)49-42-23-13-11-21-37(42)39-29-32(30-46)25-28-43(39)49)38-22-12-14-24-44(38)50(33-15-5-2-6-16-33,34-17-7-3-8-18-34)35-19-9-4-10-20-35/h2-29H. The molecule has 5 heteroatoms. The molecule has 4 nitrogen and oxygen atoms in total. The third kappa shape index (κ3) is 4.64. The van der Waals surface area contributed by atoms with E-state index < -0.39 is 8.07 Å². The quantitative estimate of drug-likeness (QED) is 0.104. The van der Waals surface area contributed by atoms with Crippen molar-refractivity contribution in [3.63, 3.8) is 0 Å². The van der Waals surface area contributed by atoms with Gasteiger partial charge in [0.05, 0.1) is 40.5 Å². The topological polar surface area (TPSA) is 56.9 Å². The summed E-state index contributed by atoms with van der Waals surface area (Å²) in [7, 11) is -2.97. The highest BCUT2D eigenvalue weighted by Crippen LogP contribution is 2.40. The molecule has 1 heterocycles. The van der Waals surface area contributed by atoms with Gasteiger partial charge in [-0.15, -0.1) is 0 Å². The fraction of sp³-hybridized carbons (Fsp3) is 0. The van der Waals surface area contributed by atoms with Crippen LogP contribution in [-0.2, 0) is 0 Å². The summed E-state index contributed by atoms with van der Waals surface area (Å²) >= 11 is 0. The average molecular weight is 653 g/mol. The van der Waals surface area contributed by atoms with Crippen LogP contribution in [0.1, 0.15) is 11.1 Å². The summed E-state index contributed by atoms with van der Waals surface area (Å²) in [6, 6.07) is 62.8. The van der Waals surface area contributed by atoms with Crippen molar-refractivity contribution in [2.75, 3.05) is 0 Å². The van der Waals surface area contributed by atoms with Gasteiger partial charge in [0.2, 0.25) is 5.69 Å². The predicted molar refractivity (Wildman–Crippen MR) is 206 cm³/mol. The lowest BCUT2D eigenvalue weighted by molar-refractivity contribution is 1.17. The number of hydrogen-bond donors (Lipinski definition) is 0. The first kappa shape index (κ1) is 30.4. The number of benzene rings is 7. The maximum atomic E-state index is 11.2.